The molecule has 3 N–H and O–H groups in total. The maximum absolute atomic E-state index is 10.4. The fourth-order valence-electron chi connectivity index (χ4n) is 2.19. The molecule has 2 aromatic rings. The number of thiophene rings is 1. The van der Waals surface area contributed by atoms with Crippen LogP contribution in [0.3, 0.4) is 0 Å². The fraction of sp³-hybridized carbons (Fsp3) is 0.333. The summed E-state index contributed by atoms with van der Waals surface area (Å²) in [5.41, 5.74) is 8.84. The molecule has 1 heterocycles. The van der Waals surface area contributed by atoms with E-state index in [4.69, 9.17) is 10.5 Å². The molecule has 0 amide bonds. The van der Waals surface area contributed by atoms with E-state index in [0.717, 1.165) is 22.4 Å². The lowest BCUT2D eigenvalue weighted by atomic mass is 9.89. The van der Waals surface area contributed by atoms with Gasteiger partial charge in [-0.2, -0.15) is 11.3 Å². The second-order valence-electron chi connectivity index (χ2n) is 4.57. The van der Waals surface area contributed by atoms with Crippen LogP contribution >= 0.6 is 11.3 Å². The molecule has 2 unspecified atom stereocenters. The number of rotatable bonds is 5. The normalized spacial score (nSPS) is 14.1. The molecule has 0 aliphatic carbocycles. The second-order valence-corrected chi connectivity index (χ2v) is 5.35. The standard InChI is InChI=1S/C15H19NO2S/c1-10-3-4-11(7-14(10)18-2)13(8-16)15(17)12-5-6-19-9-12/h3-7,9,13,15,17H,8,16H2,1-2H3. The number of hydrogen-bond donors (Lipinski definition) is 2. The zero-order chi connectivity index (χ0) is 13.8. The van der Waals surface area contributed by atoms with Crippen molar-refractivity contribution in [1.82, 2.24) is 0 Å². The van der Waals surface area contributed by atoms with Gasteiger partial charge in [-0.15, -0.1) is 0 Å². The molecular formula is C15H19NO2S. The molecule has 0 saturated heterocycles. The van der Waals surface area contributed by atoms with Gasteiger partial charge in [-0.25, -0.2) is 0 Å². The molecule has 102 valence electrons. The Morgan fingerprint density at radius 1 is 1.32 bits per heavy atom. The van der Waals surface area contributed by atoms with Gasteiger partial charge >= 0.3 is 0 Å². The van der Waals surface area contributed by atoms with Gasteiger partial charge in [-0.3, -0.25) is 0 Å². The van der Waals surface area contributed by atoms with Gasteiger partial charge in [-0.1, -0.05) is 12.1 Å². The summed E-state index contributed by atoms with van der Waals surface area (Å²) < 4.78 is 5.33. The van der Waals surface area contributed by atoms with Crippen LogP contribution < -0.4 is 10.5 Å². The van der Waals surface area contributed by atoms with Crippen LogP contribution in [0.25, 0.3) is 0 Å². The van der Waals surface area contributed by atoms with Gasteiger partial charge in [0.2, 0.25) is 0 Å². The third-order valence-corrected chi connectivity index (χ3v) is 4.08. The molecule has 0 aliphatic heterocycles. The fourth-order valence-corrected chi connectivity index (χ4v) is 2.88. The van der Waals surface area contributed by atoms with E-state index in [0.29, 0.717) is 6.54 Å². The number of aryl methyl sites for hydroxylation is 1. The van der Waals surface area contributed by atoms with E-state index in [2.05, 4.69) is 0 Å². The Balaban J connectivity index is 2.31. The zero-order valence-corrected chi connectivity index (χ0v) is 12.0. The number of aliphatic hydroxyl groups is 1. The molecule has 0 fully saturated rings. The number of hydrogen-bond acceptors (Lipinski definition) is 4. The van der Waals surface area contributed by atoms with Crippen molar-refractivity contribution in [3.05, 3.63) is 51.7 Å². The van der Waals surface area contributed by atoms with Crippen molar-refractivity contribution in [2.24, 2.45) is 5.73 Å². The summed E-state index contributed by atoms with van der Waals surface area (Å²) in [4.78, 5) is 0. The SMILES string of the molecule is COc1cc(C(CN)C(O)c2ccsc2)ccc1C. The summed E-state index contributed by atoms with van der Waals surface area (Å²) in [6, 6.07) is 7.90. The second kappa shape index (κ2) is 6.19. The summed E-state index contributed by atoms with van der Waals surface area (Å²) in [6.07, 6.45) is -0.580. The van der Waals surface area contributed by atoms with Gasteiger partial charge < -0.3 is 15.6 Å². The molecule has 0 radical (unpaired) electrons. The van der Waals surface area contributed by atoms with Crippen molar-refractivity contribution in [1.29, 1.82) is 0 Å². The summed E-state index contributed by atoms with van der Waals surface area (Å²) in [5.74, 6) is 0.706. The third kappa shape index (κ3) is 2.97. The van der Waals surface area contributed by atoms with Gasteiger partial charge in [-0.05, 0) is 46.5 Å². The quantitative estimate of drug-likeness (QED) is 0.883. The van der Waals surface area contributed by atoms with Crippen LogP contribution in [0.15, 0.2) is 35.0 Å². The summed E-state index contributed by atoms with van der Waals surface area (Å²) in [7, 11) is 1.65. The van der Waals surface area contributed by atoms with Gasteiger partial charge in [0.1, 0.15) is 5.75 Å². The molecule has 3 nitrogen and oxygen atoms in total. The van der Waals surface area contributed by atoms with Crippen LogP contribution in [0.5, 0.6) is 5.75 Å². The highest BCUT2D eigenvalue weighted by atomic mass is 32.1. The highest BCUT2D eigenvalue weighted by Crippen LogP contribution is 2.33. The number of aliphatic hydroxyl groups excluding tert-OH is 1. The summed E-state index contributed by atoms with van der Waals surface area (Å²) >= 11 is 1.58. The van der Waals surface area contributed by atoms with Crippen molar-refractivity contribution in [3.8, 4) is 5.75 Å². The molecule has 0 saturated carbocycles. The van der Waals surface area contributed by atoms with Crippen LogP contribution in [0.4, 0.5) is 0 Å². The topological polar surface area (TPSA) is 55.5 Å². The minimum absolute atomic E-state index is 0.121. The Morgan fingerprint density at radius 2 is 2.11 bits per heavy atom. The molecule has 2 rings (SSSR count). The van der Waals surface area contributed by atoms with Crippen molar-refractivity contribution in [2.45, 2.75) is 18.9 Å². The maximum atomic E-state index is 10.4. The minimum Gasteiger partial charge on any atom is -0.496 e. The van der Waals surface area contributed by atoms with Crippen molar-refractivity contribution >= 4 is 11.3 Å². The number of methoxy groups -OCH3 is 1. The lowest BCUT2D eigenvalue weighted by molar-refractivity contribution is 0.148. The molecule has 1 aromatic heterocycles. The first-order chi connectivity index (χ1) is 9.17. The first kappa shape index (κ1) is 14.1. The Labute approximate surface area is 117 Å². The van der Waals surface area contributed by atoms with Gasteiger partial charge in [0, 0.05) is 12.5 Å². The van der Waals surface area contributed by atoms with E-state index in [-0.39, 0.29) is 5.92 Å². The minimum atomic E-state index is -0.580. The first-order valence-electron chi connectivity index (χ1n) is 6.22. The van der Waals surface area contributed by atoms with E-state index >= 15 is 0 Å². The van der Waals surface area contributed by atoms with Crippen LogP contribution in [0.1, 0.15) is 28.7 Å². The van der Waals surface area contributed by atoms with Crippen molar-refractivity contribution < 1.29 is 9.84 Å². The Kier molecular flexibility index (Phi) is 4.58. The van der Waals surface area contributed by atoms with Crippen molar-refractivity contribution in [2.75, 3.05) is 13.7 Å². The van der Waals surface area contributed by atoms with Gasteiger partial charge in [0.05, 0.1) is 13.2 Å². The highest BCUT2D eigenvalue weighted by molar-refractivity contribution is 7.07. The predicted octanol–water partition coefficient (Wildman–Crippen LogP) is 2.84. The predicted molar refractivity (Wildman–Crippen MR) is 78.8 cm³/mol. The molecule has 0 spiro atoms. The average Bonchev–Trinajstić information content (AvgIpc) is 2.95. The number of benzene rings is 1. The smallest absolute Gasteiger partial charge is 0.122 e. The molecular weight excluding hydrogens is 258 g/mol. The first-order valence-corrected chi connectivity index (χ1v) is 7.16. The average molecular weight is 277 g/mol. The van der Waals surface area contributed by atoms with Crippen molar-refractivity contribution in [3.63, 3.8) is 0 Å². The van der Waals surface area contributed by atoms with Crippen LogP contribution in [0.2, 0.25) is 0 Å². The number of ether oxygens (including phenoxy) is 1. The third-order valence-electron chi connectivity index (χ3n) is 3.38. The highest BCUT2D eigenvalue weighted by Gasteiger charge is 2.22. The van der Waals surface area contributed by atoms with E-state index in [1.807, 2.05) is 41.9 Å². The molecule has 0 bridgehead atoms. The summed E-state index contributed by atoms with van der Waals surface area (Å²) in [6.45, 7) is 2.39. The molecule has 1 aromatic carbocycles. The summed E-state index contributed by atoms with van der Waals surface area (Å²) in [5, 5.41) is 14.4. The maximum Gasteiger partial charge on any atom is 0.122 e. The Hall–Kier alpha value is -1.36. The van der Waals surface area contributed by atoms with Gasteiger partial charge in [0.25, 0.3) is 0 Å². The molecule has 0 aliphatic rings. The lowest BCUT2D eigenvalue weighted by Gasteiger charge is -2.22. The van der Waals surface area contributed by atoms with Crippen LogP contribution in [-0.2, 0) is 0 Å². The van der Waals surface area contributed by atoms with E-state index < -0.39 is 6.10 Å². The molecule has 2 atom stereocenters. The monoisotopic (exact) mass is 277 g/mol. The Morgan fingerprint density at radius 3 is 2.68 bits per heavy atom. The van der Waals surface area contributed by atoms with Gasteiger partial charge in [0.15, 0.2) is 0 Å². The number of nitrogens with two attached hydrogens (primary N) is 1. The van der Waals surface area contributed by atoms with E-state index in [1.54, 1.807) is 18.4 Å². The largest absolute Gasteiger partial charge is 0.496 e. The van der Waals surface area contributed by atoms with Crippen LogP contribution in [-0.4, -0.2) is 18.8 Å². The van der Waals surface area contributed by atoms with Crippen LogP contribution in [0, 0.1) is 6.92 Å². The van der Waals surface area contributed by atoms with E-state index in [9.17, 15) is 5.11 Å². The molecule has 19 heavy (non-hydrogen) atoms. The molecule has 4 heteroatoms. The lowest BCUT2D eigenvalue weighted by Crippen LogP contribution is -2.20. The van der Waals surface area contributed by atoms with E-state index in [1.165, 1.54) is 0 Å². The Bertz CT molecular complexity index is 525. The zero-order valence-electron chi connectivity index (χ0n) is 11.2.